The van der Waals surface area contributed by atoms with Crippen LogP contribution in [0.3, 0.4) is 0 Å². The van der Waals surface area contributed by atoms with Crippen molar-refractivity contribution in [2.75, 3.05) is 13.7 Å². The summed E-state index contributed by atoms with van der Waals surface area (Å²) < 4.78 is 12.9. The standard InChI is InChI=1S/C8H12FNO/c1-10-8(6-2-3-6)7(9)4-5-11/h4,6,11H,2-3,5H2,1H3/b7-4-,10-8?. The lowest BCUT2D eigenvalue weighted by molar-refractivity contribution is 0.340. The van der Waals surface area contributed by atoms with Crippen molar-refractivity contribution in [3.8, 4) is 0 Å². The van der Waals surface area contributed by atoms with Crippen molar-refractivity contribution in [3.05, 3.63) is 11.9 Å². The van der Waals surface area contributed by atoms with Crippen molar-refractivity contribution in [2.24, 2.45) is 10.9 Å². The zero-order valence-electron chi connectivity index (χ0n) is 6.55. The monoisotopic (exact) mass is 157 g/mol. The number of nitrogens with zero attached hydrogens (tertiary/aromatic N) is 1. The summed E-state index contributed by atoms with van der Waals surface area (Å²) >= 11 is 0. The van der Waals surface area contributed by atoms with E-state index in [9.17, 15) is 4.39 Å². The summed E-state index contributed by atoms with van der Waals surface area (Å²) in [5.74, 6) is -0.0553. The Kier molecular flexibility index (Phi) is 2.76. The maximum Gasteiger partial charge on any atom is 0.142 e. The van der Waals surface area contributed by atoms with Gasteiger partial charge in [-0.25, -0.2) is 4.39 Å². The van der Waals surface area contributed by atoms with Gasteiger partial charge in [0.25, 0.3) is 0 Å². The molecule has 0 aromatic heterocycles. The van der Waals surface area contributed by atoms with Crippen molar-refractivity contribution < 1.29 is 9.50 Å². The average molecular weight is 157 g/mol. The molecule has 1 saturated carbocycles. The Hall–Kier alpha value is -0.700. The molecular weight excluding hydrogens is 145 g/mol. The van der Waals surface area contributed by atoms with Gasteiger partial charge >= 0.3 is 0 Å². The van der Waals surface area contributed by atoms with Gasteiger partial charge in [-0.2, -0.15) is 0 Å². The molecule has 11 heavy (non-hydrogen) atoms. The molecule has 0 spiro atoms. The lowest BCUT2D eigenvalue weighted by Crippen LogP contribution is -2.02. The topological polar surface area (TPSA) is 32.6 Å². The quantitative estimate of drug-likeness (QED) is 0.615. The molecule has 0 unspecified atom stereocenters. The highest BCUT2D eigenvalue weighted by Gasteiger charge is 2.29. The van der Waals surface area contributed by atoms with Crippen molar-refractivity contribution in [2.45, 2.75) is 12.8 Å². The third-order valence-corrected chi connectivity index (χ3v) is 1.72. The van der Waals surface area contributed by atoms with Crippen LogP contribution in [0.5, 0.6) is 0 Å². The highest BCUT2D eigenvalue weighted by Crippen LogP contribution is 2.33. The predicted octanol–water partition coefficient (Wildman–Crippen LogP) is 1.31. The minimum absolute atomic E-state index is 0.252. The van der Waals surface area contributed by atoms with E-state index in [1.807, 2.05) is 0 Å². The normalized spacial score (nSPS) is 20.6. The zero-order valence-corrected chi connectivity index (χ0v) is 6.55. The number of hydrogen-bond acceptors (Lipinski definition) is 2. The molecule has 3 heteroatoms. The minimum atomic E-state index is -0.363. The molecule has 0 saturated heterocycles. The second-order valence-corrected chi connectivity index (χ2v) is 2.62. The molecule has 0 radical (unpaired) electrons. The molecule has 62 valence electrons. The van der Waals surface area contributed by atoms with Crippen LogP contribution in [0.4, 0.5) is 4.39 Å². The van der Waals surface area contributed by atoms with Crippen LogP contribution < -0.4 is 0 Å². The molecule has 1 fully saturated rings. The predicted molar refractivity (Wildman–Crippen MR) is 42.4 cm³/mol. The largest absolute Gasteiger partial charge is 0.392 e. The summed E-state index contributed by atoms with van der Waals surface area (Å²) in [6.45, 7) is -0.252. The summed E-state index contributed by atoms with van der Waals surface area (Å²) in [6, 6.07) is 0. The number of hydrogen-bond donors (Lipinski definition) is 1. The van der Waals surface area contributed by atoms with Gasteiger partial charge in [0.05, 0.1) is 12.3 Å². The summed E-state index contributed by atoms with van der Waals surface area (Å²) in [7, 11) is 1.58. The Bertz CT molecular complexity index is 194. The van der Waals surface area contributed by atoms with Crippen molar-refractivity contribution in [1.82, 2.24) is 0 Å². The summed E-state index contributed by atoms with van der Waals surface area (Å²) in [5, 5.41) is 8.41. The molecule has 0 amide bonds. The smallest absolute Gasteiger partial charge is 0.142 e. The summed E-state index contributed by atoms with van der Waals surface area (Å²) in [4.78, 5) is 3.83. The average Bonchev–Trinajstić information content (AvgIpc) is 2.73. The first kappa shape index (κ1) is 8.40. The molecule has 2 nitrogen and oxygen atoms in total. The number of aliphatic imine (C=N–C) groups is 1. The molecule has 1 aliphatic rings. The maximum atomic E-state index is 12.9. The molecule has 0 aromatic rings. The Morgan fingerprint density at radius 2 is 2.36 bits per heavy atom. The molecule has 0 aliphatic heterocycles. The van der Waals surface area contributed by atoms with Gasteiger partial charge in [-0.15, -0.1) is 0 Å². The number of halogens is 1. The summed E-state index contributed by atoms with van der Waals surface area (Å²) in [6.07, 6.45) is 3.21. The van der Waals surface area contributed by atoms with Crippen LogP contribution in [0.25, 0.3) is 0 Å². The number of aliphatic hydroxyl groups excluding tert-OH is 1. The zero-order chi connectivity index (χ0) is 8.27. The van der Waals surface area contributed by atoms with Crippen LogP contribution in [-0.4, -0.2) is 24.5 Å². The number of allylic oxidation sites excluding steroid dienone is 1. The molecule has 1 N–H and O–H groups in total. The number of rotatable bonds is 3. The SMILES string of the molecule is CN=C(/C(F)=C/CO)C1CC1. The van der Waals surface area contributed by atoms with Crippen LogP contribution in [0.2, 0.25) is 0 Å². The van der Waals surface area contributed by atoms with E-state index in [-0.39, 0.29) is 12.4 Å². The molecular formula is C8H12FNO. The van der Waals surface area contributed by atoms with Gasteiger partial charge in [-0.1, -0.05) is 0 Å². The first-order chi connectivity index (χ1) is 5.29. The minimum Gasteiger partial charge on any atom is -0.392 e. The Morgan fingerprint density at radius 1 is 1.73 bits per heavy atom. The molecule has 1 aliphatic carbocycles. The molecule has 0 bridgehead atoms. The van der Waals surface area contributed by atoms with Gasteiger partial charge in [0, 0.05) is 13.0 Å². The van der Waals surface area contributed by atoms with Gasteiger partial charge < -0.3 is 5.11 Å². The highest BCUT2D eigenvalue weighted by molar-refractivity contribution is 6.01. The van der Waals surface area contributed by atoms with Crippen LogP contribution in [-0.2, 0) is 0 Å². The van der Waals surface area contributed by atoms with Crippen molar-refractivity contribution in [1.29, 1.82) is 0 Å². The van der Waals surface area contributed by atoms with E-state index in [0.717, 1.165) is 18.9 Å². The highest BCUT2D eigenvalue weighted by atomic mass is 19.1. The van der Waals surface area contributed by atoms with Gasteiger partial charge in [0.15, 0.2) is 0 Å². The van der Waals surface area contributed by atoms with Gasteiger partial charge in [-0.05, 0) is 18.9 Å². The maximum absolute atomic E-state index is 12.9. The van der Waals surface area contributed by atoms with E-state index >= 15 is 0 Å². The van der Waals surface area contributed by atoms with E-state index in [1.54, 1.807) is 7.05 Å². The fourth-order valence-electron chi connectivity index (χ4n) is 1.03. The Labute approximate surface area is 65.5 Å². The van der Waals surface area contributed by atoms with Gasteiger partial charge in [-0.3, -0.25) is 4.99 Å². The molecule has 0 aromatic carbocycles. The van der Waals surface area contributed by atoms with E-state index < -0.39 is 0 Å². The lowest BCUT2D eigenvalue weighted by atomic mass is 10.2. The Morgan fingerprint density at radius 3 is 2.73 bits per heavy atom. The van der Waals surface area contributed by atoms with Crippen molar-refractivity contribution >= 4 is 5.71 Å². The van der Waals surface area contributed by atoms with Crippen LogP contribution in [0.1, 0.15) is 12.8 Å². The van der Waals surface area contributed by atoms with E-state index in [0.29, 0.717) is 11.6 Å². The Balaban J connectivity index is 2.61. The molecule has 1 rings (SSSR count). The van der Waals surface area contributed by atoms with Crippen LogP contribution >= 0.6 is 0 Å². The van der Waals surface area contributed by atoms with Gasteiger partial charge in [0.1, 0.15) is 5.83 Å². The molecule has 0 heterocycles. The fraction of sp³-hybridized carbons (Fsp3) is 0.625. The fourth-order valence-corrected chi connectivity index (χ4v) is 1.03. The lowest BCUT2D eigenvalue weighted by Gasteiger charge is -1.98. The number of aliphatic hydroxyl groups is 1. The third-order valence-electron chi connectivity index (χ3n) is 1.72. The van der Waals surface area contributed by atoms with E-state index in [4.69, 9.17) is 5.11 Å². The second-order valence-electron chi connectivity index (χ2n) is 2.62. The van der Waals surface area contributed by atoms with Crippen LogP contribution in [0, 0.1) is 5.92 Å². The first-order valence-electron chi connectivity index (χ1n) is 3.73. The van der Waals surface area contributed by atoms with Crippen molar-refractivity contribution in [3.63, 3.8) is 0 Å². The second kappa shape index (κ2) is 3.62. The van der Waals surface area contributed by atoms with E-state index in [2.05, 4.69) is 4.99 Å². The summed E-state index contributed by atoms with van der Waals surface area (Å²) in [5.41, 5.74) is 0.513. The molecule has 0 atom stereocenters. The van der Waals surface area contributed by atoms with Crippen LogP contribution in [0.15, 0.2) is 16.9 Å². The first-order valence-corrected chi connectivity index (χ1v) is 3.73. The third kappa shape index (κ3) is 2.12. The van der Waals surface area contributed by atoms with E-state index in [1.165, 1.54) is 0 Å². The van der Waals surface area contributed by atoms with Gasteiger partial charge in [0.2, 0.25) is 0 Å².